The molecule has 18 heavy (non-hydrogen) atoms. The Morgan fingerprint density at radius 2 is 1.72 bits per heavy atom. The zero-order valence-electron chi connectivity index (χ0n) is 12.0. The molecule has 0 saturated heterocycles. The summed E-state index contributed by atoms with van der Waals surface area (Å²) in [4.78, 5) is 27.8. The van der Waals surface area contributed by atoms with Crippen molar-refractivity contribution in [1.29, 1.82) is 0 Å². The van der Waals surface area contributed by atoms with Crippen LogP contribution in [0, 0.1) is 0 Å². The number of carbonyl (C=O) groups is 2. The largest absolute Gasteiger partial charge is 0.336 e. The highest BCUT2D eigenvalue weighted by Gasteiger charge is 2.11. The lowest BCUT2D eigenvalue weighted by Gasteiger charge is -2.21. The van der Waals surface area contributed by atoms with Gasteiger partial charge >= 0.3 is 6.03 Å². The van der Waals surface area contributed by atoms with E-state index in [0.29, 0.717) is 26.0 Å². The molecule has 0 saturated carbocycles. The minimum Gasteiger partial charge on any atom is -0.336 e. The summed E-state index contributed by atoms with van der Waals surface area (Å²) in [6, 6.07) is -0.320. The molecule has 0 aromatic rings. The zero-order valence-corrected chi connectivity index (χ0v) is 12.0. The lowest BCUT2D eigenvalue weighted by atomic mass is 10.4. The van der Waals surface area contributed by atoms with Gasteiger partial charge in [0.2, 0.25) is 6.41 Å². The highest BCUT2D eigenvalue weighted by molar-refractivity contribution is 5.84. The molecule has 0 fully saturated rings. The van der Waals surface area contributed by atoms with Gasteiger partial charge in [-0.05, 0) is 27.2 Å². The highest BCUT2D eigenvalue weighted by Crippen LogP contribution is 1.88. The van der Waals surface area contributed by atoms with Gasteiger partial charge in [-0.15, -0.1) is 0 Å². The fourth-order valence-corrected chi connectivity index (χ4v) is 1.47. The predicted molar refractivity (Wildman–Crippen MR) is 72.5 cm³/mol. The molecule has 6 heteroatoms. The molecule has 0 aromatic heterocycles. The summed E-state index contributed by atoms with van der Waals surface area (Å²) in [6.45, 7) is 8.54. The van der Waals surface area contributed by atoms with Crippen LogP contribution in [0.5, 0.6) is 0 Å². The van der Waals surface area contributed by atoms with Crippen molar-refractivity contribution < 1.29 is 9.59 Å². The Morgan fingerprint density at radius 1 is 1.11 bits per heavy atom. The van der Waals surface area contributed by atoms with Crippen LogP contribution in [-0.2, 0) is 4.79 Å². The second-order valence-corrected chi connectivity index (χ2v) is 4.36. The molecule has 1 N–H and O–H groups in total. The van der Waals surface area contributed by atoms with Gasteiger partial charge in [0.05, 0.1) is 0 Å². The Labute approximate surface area is 110 Å². The molecule has 0 bridgehead atoms. The lowest BCUT2D eigenvalue weighted by Crippen LogP contribution is -2.44. The van der Waals surface area contributed by atoms with Crippen LogP contribution >= 0.6 is 0 Å². The number of urea groups is 1. The van der Waals surface area contributed by atoms with E-state index < -0.39 is 0 Å². The summed E-state index contributed by atoms with van der Waals surface area (Å²) < 4.78 is 0. The van der Waals surface area contributed by atoms with Gasteiger partial charge in [0.1, 0.15) is 0 Å². The molecule has 6 nitrogen and oxygen atoms in total. The first-order valence-corrected chi connectivity index (χ1v) is 6.41. The second kappa shape index (κ2) is 9.85. The Bertz CT molecular complexity index is 242. The first-order chi connectivity index (χ1) is 8.54. The van der Waals surface area contributed by atoms with Crippen molar-refractivity contribution in [1.82, 2.24) is 20.0 Å². The predicted octanol–water partition coefficient (Wildman–Crippen LogP) is 0.0578. The molecule has 0 aliphatic carbocycles. The van der Waals surface area contributed by atoms with Crippen LogP contribution in [0.3, 0.4) is 0 Å². The summed E-state index contributed by atoms with van der Waals surface area (Å²) >= 11 is 0. The number of carbonyl (C=O) groups excluding carboxylic acids is 2. The minimum atomic E-state index is -0.320. The topological polar surface area (TPSA) is 55.9 Å². The van der Waals surface area contributed by atoms with Gasteiger partial charge in [-0.25, -0.2) is 4.79 Å². The van der Waals surface area contributed by atoms with E-state index in [0.717, 1.165) is 19.6 Å². The Balaban J connectivity index is 3.93. The zero-order chi connectivity index (χ0) is 14.0. The highest BCUT2D eigenvalue weighted by atomic mass is 16.2. The monoisotopic (exact) mass is 258 g/mol. The quantitative estimate of drug-likeness (QED) is 0.594. The van der Waals surface area contributed by atoms with Gasteiger partial charge in [0.15, 0.2) is 0 Å². The Morgan fingerprint density at radius 3 is 2.17 bits per heavy atom. The number of hydrogen-bond donors (Lipinski definition) is 1. The van der Waals surface area contributed by atoms with Crippen molar-refractivity contribution in [3.8, 4) is 0 Å². The summed E-state index contributed by atoms with van der Waals surface area (Å²) in [5, 5.41) is 2.75. The third kappa shape index (κ3) is 7.24. The molecule has 0 rings (SSSR count). The standard InChI is InChI=1S/C12H26N4O2/c1-5-15(6-2)8-7-13-12(18)16(11-17)10-9-14(3)4/h11H,5-10H2,1-4H3,(H,13,18). The second-order valence-electron chi connectivity index (χ2n) is 4.36. The van der Waals surface area contributed by atoms with Crippen LogP contribution in [0.4, 0.5) is 4.79 Å². The van der Waals surface area contributed by atoms with Crippen molar-refractivity contribution in [2.75, 3.05) is 53.4 Å². The molecular formula is C12H26N4O2. The van der Waals surface area contributed by atoms with Crippen molar-refractivity contribution in [3.63, 3.8) is 0 Å². The van der Waals surface area contributed by atoms with Crippen LogP contribution in [0.15, 0.2) is 0 Å². The average Bonchev–Trinajstić information content (AvgIpc) is 2.35. The lowest BCUT2D eigenvalue weighted by molar-refractivity contribution is -0.115. The third-order valence-electron chi connectivity index (χ3n) is 2.77. The van der Waals surface area contributed by atoms with Gasteiger partial charge in [0, 0.05) is 26.2 Å². The fourth-order valence-electron chi connectivity index (χ4n) is 1.47. The summed E-state index contributed by atoms with van der Waals surface area (Å²) in [7, 11) is 3.81. The molecule has 0 spiro atoms. The molecule has 0 unspecified atom stereocenters. The fraction of sp³-hybridized carbons (Fsp3) is 0.833. The maximum Gasteiger partial charge on any atom is 0.323 e. The molecular weight excluding hydrogens is 232 g/mol. The Kier molecular flexibility index (Phi) is 9.22. The molecule has 0 aromatic carbocycles. The van der Waals surface area contributed by atoms with E-state index in [2.05, 4.69) is 24.1 Å². The van der Waals surface area contributed by atoms with Gasteiger partial charge in [-0.1, -0.05) is 13.8 Å². The number of likely N-dealkylation sites (N-methyl/N-ethyl adjacent to an activating group) is 2. The van der Waals surface area contributed by atoms with E-state index >= 15 is 0 Å². The molecule has 0 radical (unpaired) electrons. The van der Waals surface area contributed by atoms with E-state index in [1.807, 2.05) is 19.0 Å². The number of nitrogens with one attached hydrogen (secondary N) is 1. The van der Waals surface area contributed by atoms with E-state index in [4.69, 9.17) is 0 Å². The third-order valence-corrected chi connectivity index (χ3v) is 2.77. The van der Waals surface area contributed by atoms with E-state index in [9.17, 15) is 9.59 Å². The normalized spacial score (nSPS) is 10.8. The maximum atomic E-state index is 11.7. The van der Waals surface area contributed by atoms with Crippen molar-refractivity contribution >= 4 is 12.4 Å². The number of rotatable bonds is 9. The van der Waals surface area contributed by atoms with Crippen molar-refractivity contribution in [2.24, 2.45) is 0 Å². The average molecular weight is 258 g/mol. The molecule has 0 aliphatic rings. The van der Waals surface area contributed by atoms with Gasteiger partial charge in [-0.2, -0.15) is 0 Å². The number of nitrogens with zero attached hydrogens (tertiary/aromatic N) is 3. The number of imide groups is 1. The van der Waals surface area contributed by atoms with Gasteiger partial charge in [-0.3, -0.25) is 9.69 Å². The van der Waals surface area contributed by atoms with Crippen molar-refractivity contribution in [2.45, 2.75) is 13.8 Å². The number of hydrogen-bond acceptors (Lipinski definition) is 4. The molecule has 0 atom stereocenters. The Hall–Kier alpha value is -1.14. The van der Waals surface area contributed by atoms with Gasteiger partial charge < -0.3 is 15.1 Å². The molecule has 3 amide bonds. The minimum absolute atomic E-state index is 0.320. The van der Waals surface area contributed by atoms with E-state index in [-0.39, 0.29) is 6.03 Å². The summed E-state index contributed by atoms with van der Waals surface area (Å²) in [5.41, 5.74) is 0. The van der Waals surface area contributed by atoms with E-state index in [1.165, 1.54) is 4.90 Å². The number of amides is 3. The molecule has 0 heterocycles. The van der Waals surface area contributed by atoms with Crippen LogP contribution < -0.4 is 5.32 Å². The maximum absolute atomic E-state index is 11.7. The first kappa shape index (κ1) is 16.9. The van der Waals surface area contributed by atoms with Gasteiger partial charge in [0.25, 0.3) is 0 Å². The van der Waals surface area contributed by atoms with Crippen molar-refractivity contribution in [3.05, 3.63) is 0 Å². The van der Waals surface area contributed by atoms with Crippen LogP contribution in [0.2, 0.25) is 0 Å². The van der Waals surface area contributed by atoms with Crippen LogP contribution in [-0.4, -0.2) is 80.5 Å². The molecule has 0 aliphatic heterocycles. The first-order valence-electron chi connectivity index (χ1n) is 6.41. The van der Waals surface area contributed by atoms with E-state index in [1.54, 1.807) is 0 Å². The SMILES string of the molecule is CCN(CC)CCNC(=O)N(C=O)CCN(C)C. The molecule has 106 valence electrons. The van der Waals surface area contributed by atoms with Crippen LogP contribution in [0.1, 0.15) is 13.8 Å². The summed E-state index contributed by atoms with van der Waals surface area (Å²) in [6.07, 6.45) is 0.580. The summed E-state index contributed by atoms with van der Waals surface area (Å²) in [5.74, 6) is 0. The van der Waals surface area contributed by atoms with Crippen LogP contribution in [0.25, 0.3) is 0 Å². The smallest absolute Gasteiger partial charge is 0.323 e.